The molecule has 2 aromatic carbocycles. The molecule has 18 heavy (non-hydrogen) atoms. The summed E-state index contributed by atoms with van der Waals surface area (Å²) in [4.78, 5) is 10.0. The molecule has 0 saturated heterocycles. The standard InChI is InChI=1S/C12H6ClF2NO2/c13-8-4-7(5-9(6-8)16(17)18)10-2-1-3-11(14)12(10)15/h1-6H. The number of non-ortho nitro benzene ring substituents is 1. The molecule has 0 aliphatic rings. The summed E-state index contributed by atoms with van der Waals surface area (Å²) in [5.74, 6) is -2.08. The molecule has 0 spiro atoms. The van der Waals surface area contributed by atoms with Crippen molar-refractivity contribution in [3.05, 3.63) is 63.2 Å². The van der Waals surface area contributed by atoms with E-state index >= 15 is 0 Å². The highest BCUT2D eigenvalue weighted by Crippen LogP contribution is 2.30. The molecule has 0 amide bonds. The first-order valence-corrected chi connectivity index (χ1v) is 5.26. The summed E-state index contributed by atoms with van der Waals surface area (Å²) < 4.78 is 26.6. The van der Waals surface area contributed by atoms with Crippen LogP contribution in [0.15, 0.2) is 36.4 Å². The van der Waals surface area contributed by atoms with E-state index in [4.69, 9.17) is 11.6 Å². The van der Waals surface area contributed by atoms with Crippen LogP contribution in [0.1, 0.15) is 0 Å². The minimum Gasteiger partial charge on any atom is -0.258 e. The molecule has 0 aliphatic heterocycles. The van der Waals surface area contributed by atoms with Crippen LogP contribution in [0.2, 0.25) is 5.02 Å². The van der Waals surface area contributed by atoms with Crippen molar-refractivity contribution < 1.29 is 13.7 Å². The second kappa shape index (κ2) is 4.70. The van der Waals surface area contributed by atoms with Gasteiger partial charge in [0.2, 0.25) is 0 Å². The van der Waals surface area contributed by atoms with Gasteiger partial charge in [-0.3, -0.25) is 10.1 Å². The SMILES string of the molecule is O=[N+]([O-])c1cc(Cl)cc(-c2cccc(F)c2F)c1. The number of halogens is 3. The van der Waals surface area contributed by atoms with Crippen molar-refractivity contribution in [1.82, 2.24) is 0 Å². The van der Waals surface area contributed by atoms with Gasteiger partial charge in [0, 0.05) is 22.7 Å². The van der Waals surface area contributed by atoms with Gasteiger partial charge in [-0.15, -0.1) is 0 Å². The Morgan fingerprint density at radius 3 is 2.56 bits per heavy atom. The van der Waals surface area contributed by atoms with Gasteiger partial charge in [-0.2, -0.15) is 0 Å². The van der Waals surface area contributed by atoms with Crippen LogP contribution < -0.4 is 0 Å². The van der Waals surface area contributed by atoms with Gasteiger partial charge in [-0.25, -0.2) is 8.78 Å². The minimum atomic E-state index is -1.06. The van der Waals surface area contributed by atoms with Crippen molar-refractivity contribution in [2.45, 2.75) is 0 Å². The van der Waals surface area contributed by atoms with Gasteiger partial charge in [0.1, 0.15) is 0 Å². The zero-order valence-electron chi connectivity index (χ0n) is 8.86. The molecule has 0 saturated carbocycles. The van der Waals surface area contributed by atoms with E-state index in [1.54, 1.807) is 0 Å². The summed E-state index contributed by atoms with van der Waals surface area (Å²) in [6.07, 6.45) is 0. The fraction of sp³-hybridized carbons (Fsp3) is 0. The van der Waals surface area contributed by atoms with Crippen LogP contribution in [-0.4, -0.2) is 4.92 Å². The first kappa shape index (κ1) is 12.4. The predicted molar refractivity (Wildman–Crippen MR) is 63.5 cm³/mol. The number of nitro benzene ring substituents is 1. The Balaban J connectivity index is 2.64. The lowest BCUT2D eigenvalue weighted by Gasteiger charge is -2.05. The van der Waals surface area contributed by atoms with E-state index in [2.05, 4.69) is 0 Å². The molecule has 0 radical (unpaired) electrons. The molecule has 0 heterocycles. The van der Waals surface area contributed by atoms with Crippen LogP contribution in [0.4, 0.5) is 14.5 Å². The Morgan fingerprint density at radius 1 is 1.17 bits per heavy atom. The van der Waals surface area contributed by atoms with Crippen LogP contribution in [0.5, 0.6) is 0 Å². The van der Waals surface area contributed by atoms with Crippen LogP contribution in [-0.2, 0) is 0 Å². The van der Waals surface area contributed by atoms with Crippen LogP contribution in [0.25, 0.3) is 11.1 Å². The highest BCUT2D eigenvalue weighted by atomic mass is 35.5. The third-order valence-corrected chi connectivity index (χ3v) is 2.57. The second-order valence-electron chi connectivity index (χ2n) is 3.56. The Kier molecular flexibility index (Phi) is 3.25. The van der Waals surface area contributed by atoms with Crippen molar-refractivity contribution in [2.24, 2.45) is 0 Å². The van der Waals surface area contributed by atoms with Crippen molar-refractivity contribution in [1.29, 1.82) is 0 Å². The van der Waals surface area contributed by atoms with Gasteiger partial charge in [0.15, 0.2) is 11.6 Å². The number of hydrogen-bond acceptors (Lipinski definition) is 2. The van der Waals surface area contributed by atoms with Gasteiger partial charge in [-0.05, 0) is 17.7 Å². The number of benzene rings is 2. The Labute approximate surface area is 106 Å². The van der Waals surface area contributed by atoms with E-state index in [9.17, 15) is 18.9 Å². The molecule has 0 atom stereocenters. The highest BCUT2D eigenvalue weighted by molar-refractivity contribution is 6.31. The molecular formula is C12H6ClF2NO2. The maximum atomic E-state index is 13.6. The van der Waals surface area contributed by atoms with E-state index in [0.717, 1.165) is 18.2 Å². The van der Waals surface area contributed by atoms with Crippen molar-refractivity contribution in [2.75, 3.05) is 0 Å². The normalized spacial score (nSPS) is 10.4. The Hall–Kier alpha value is -2.01. The fourth-order valence-corrected chi connectivity index (χ4v) is 1.79. The maximum Gasteiger partial charge on any atom is 0.271 e. The average Bonchev–Trinajstić information content (AvgIpc) is 2.31. The average molecular weight is 270 g/mol. The van der Waals surface area contributed by atoms with Crippen LogP contribution in [0.3, 0.4) is 0 Å². The summed E-state index contributed by atoms with van der Waals surface area (Å²) >= 11 is 5.72. The van der Waals surface area contributed by atoms with Gasteiger partial charge in [0.05, 0.1) is 4.92 Å². The Bertz CT molecular complexity index is 631. The molecule has 92 valence electrons. The lowest BCUT2D eigenvalue weighted by Crippen LogP contribution is -1.92. The third kappa shape index (κ3) is 2.31. The van der Waals surface area contributed by atoms with E-state index in [-0.39, 0.29) is 21.8 Å². The van der Waals surface area contributed by atoms with E-state index < -0.39 is 16.6 Å². The molecular weight excluding hydrogens is 264 g/mol. The summed E-state index contributed by atoms with van der Waals surface area (Å²) in [7, 11) is 0. The van der Waals surface area contributed by atoms with E-state index in [1.165, 1.54) is 18.2 Å². The summed E-state index contributed by atoms with van der Waals surface area (Å²) in [5, 5.41) is 10.8. The van der Waals surface area contributed by atoms with Gasteiger partial charge in [0.25, 0.3) is 5.69 Å². The molecule has 0 fully saturated rings. The monoisotopic (exact) mass is 269 g/mol. The number of nitrogens with zero attached hydrogens (tertiary/aromatic N) is 1. The fourth-order valence-electron chi connectivity index (χ4n) is 1.56. The molecule has 6 heteroatoms. The van der Waals surface area contributed by atoms with E-state index in [0.29, 0.717) is 0 Å². The van der Waals surface area contributed by atoms with Crippen molar-refractivity contribution in [3.63, 3.8) is 0 Å². The largest absolute Gasteiger partial charge is 0.271 e. The van der Waals surface area contributed by atoms with Crippen molar-refractivity contribution in [3.8, 4) is 11.1 Å². The summed E-state index contributed by atoms with van der Waals surface area (Å²) in [5.41, 5.74) is -0.187. The topological polar surface area (TPSA) is 43.1 Å². The Morgan fingerprint density at radius 2 is 1.89 bits per heavy atom. The number of hydrogen-bond donors (Lipinski definition) is 0. The third-order valence-electron chi connectivity index (χ3n) is 2.36. The zero-order valence-corrected chi connectivity index (χ0v) is 9.62. The van der Waals surface area contributed by atoms with E-state index in [1.807, 2.05) is 0 Å². The smallest absolute Gasteiger partial charge is 0.258 e. The number of nitro groups is 1. The first-order valence-electron chi connectivity index (χ1n) is 4.88. The minimum absolute atomic E-state index is 0.0689. The molecule has 0 aliphatic carbocycles. The molecule has 2 aromatic rings. The summed E-state index contributed by atoms with van der Waals surface area (Å²) in [6.45, 7) is 0. The van der Waals surface area contributed by atoms with Gasteiger partial charge < -0.3 is 0 Å². The second-order valence-corrected chi connectivity index (χ2v) is 3.99. The van der Waals surface area contributed by atoms with Crippen LogP contribution in [0, 0.1) is 21.7 Å². The molecule has 0 bridgehead atoms. The maximum absolute atomic E-state index is 13.6. The molecule has 0 aromatic heterocycles. The molecule has 2 rings (SSSR count). The molecule has 3 nitrogen and oxygen atoms in total. The van der Waals surface area contributed by atoms with Crippen LogP contribution >= 0.6 is 11.6 Å². The number of rotatable bonds is 2. The van der Waals surface area contributed by atoms with Gasteiger partial charge >= 0.3 is 0 Å². The van der Waals surface area contributed by atoms with Crippen molar-refractivity contribution >= 4 is 17.3 Å². The highest BCUT2D eigenvalue weighted by Gasteiger charge is 2.14. The first-order chi connectivity index (χ1) is 8.49. The zero-order chi connectivity index (χ0) is 13.3. The lowest BCUT2D eigenvalue weighted by atomic mass is 10.0. The molecule has 0 N–H and O–H groups in total. The van der Waals surface area contributed by atoms with Gasteiger partial charge in [-0.1, -0.05) is 23.7 Å². The lowest BCUT2D eigenvalue weighted by molar-refractivity contribution is -0.384. The summed E-state index contributed by atoms with van der Waals surface area (Å²) in [6, 6.07) is 7.24. The molecule has 0 unspecified atom stereocenters. The quantitative estimate of drug-likeness (QED) is 0.606. The predicted octanol–water partition coefficient (Wildman–Crippen LogP) is 4.19.